The summed E-state index contributed by atoms with van der Waals surface area (Å²) in [7, 11) is 0. The van der Waals surface area contributed by atoms with Gasteiger partial charge in [-0.3, -0.25) is 4.98 Å². The molecule has 14 rings (SSSR count). The van der Waals surface area contributed by atoms with Gasteiger partial charge in [0, 0.05) is 39.0 Å². The van der Waals surface area contributed by atoms with E-state index in [-0.39, 0.29) is 0 Å². The zero-order valence-corrected chi connectivity index (χ0v) is 36.5. The van der Waals surface area contributed by atoms with E-state index >= 15 is 0 Å². The number of furan rings is 1. The summed E-state index contributed by atoms with van der Waals surface area (Å²) in [6, 6.07) is 77.2. The van der Waals surface area contributed by atoms with Gasteiger partial charge in [0.05, 0.1) is 22.1 Å². The maximum Gasteiger partial charge on any atom is 0.164 e. The monoisotopic (exact) mass is 867 g/mol. The molecule has 0 atom stereocenters. The lowest BCUT2D eigenvalue weighted by Gasteiger charge is -2.15. The molecule has 6 nitrogen and oxygen atoms in total. The molecule has 4 aromatic heterocycles. The molecule has 10 aromatic carbocycles. The molecule has 68 heavy (non-hydrogen) atoms. The summed E-state index contributed by atoms with van der Waals surface area (Å²) in [4.78, 5) is 20.7. The van der Waals surface area contributed by atoms with Crippen LogP contribution in [-0.4, -0.2) is 24.5 Å². The first-order valence-corrected chi connectivity index (χ1v) is 22.9. The Bertz CT molecular complexity index is 4340. The number of nitrogens with zero attached hydrogens (tertiary/aromatic N) is 5. The van der Waals surface area contributed by atoms with Crippen LogP contribution >= 0.6 is 0 Å². The molecule has 0 amide bonds. The predicted molar refractivity (Wildman–Crippen MR) is 279 cm³/mol. The second-order valence-electron chi connectivity index (χ2n) is 17.4. The second kappa shape index (κ2) is 15.2. The summed E-state index contributed by atoms with van der Waals surface area (Å²) in [5.74, 6) is 1.69. The summed E-state index contributed by atoms with van der Waals surface area (Å²) in [6.07, 6.45) is 1.80. The van der Waals surface area contributed by atoms with Crippen molar-refractivity contribution in [2.45, 2.75) is 0 Å². The van der Waals surface area contributed by atoms with Crippen molar-refractivity contribution in [2.24, 2.45) is 0 Å². The van der Waals surface area contributed by atoms with Crippen molar-refractivity contribution in [3.8, 4) is 62.1 Å². The summed E-state index contributed by atoms with van der Waals surface area (Å²) in [5, 5.41) is 10.1. The van der Waals surface area contributed by atoms with E-state index in [1.165, 1.54) is 43.8 Å². The molecule has 14 aromatic rings. The van der Waals surface area contributed by atoms with Crippen molar-refractivity contribution in [1.82, 2.24) is 24.5 Å². The van der Waals surface area contributed by atoms with Gasteiger partial charge >= 0.3 is 0 Å². The van der Waals surface area contributed by atoms with E-state index in [2.05, 4.69) is 193 Å². The smallest absolute Gasteiger partial charge is 0.164 e. The number of hydrogen-bond donors (Lipinski definition) is 0. The highest BCUT2D eigenvalue weighted by atomic mass is 16.3. The largest absolute Gasteiger partial charge is 0.454 e. The van der Waals surface area contributed by atoms with E-state index in [9.17, 15) is 0 Å². The van der Waals surface area contributed by atoms with Crippen LogP contribution in [0, 0.1) is 0 Å². The highest BCUT2D eigenvalue weighted by Crippen LogP contribution is 2.41. The van der Waals surface area contributed by atoms with E-state index in [0.29, 0.717) is 23.1 Å². The quantitative estimate of drug-likeness (QED) is 0.166. The lowest BCUT2D eigenvalue weighted by Crippen LogP contribution is -2.01. The van der Waals surface area contributed by atoms with Gasteiger partial charge < -0.3 is 8.98 Å². The van der Waals surface area contributed by atoms with Gasteiger partial charge in [0.2, 0.25) is 0 Å². The predicted octanol–water partition coefficient (Wildman–Crippen LogP) is 16.1. The fourth-order valence-electron chi connectivity index (χ4n) is 10.2. The molecule has 316 valence electrons. The molecule has 0 N–H and O–H groups in total. The number of benzene rings is 10. The number of para-hydroxylation sites is 1. The molecular weight excluding hydrogens is 831 g/mol. The van der Waals surface area contributed by atoms with Gasteiger partial charge in [-0.15, -0.1) is 0 Å². The standard InChI is InChI=1S/C62H37N5O/c1-2-12-38(13-3-1)41-27-28-44-36-46(30-29-42(44)35-41)60-64-61(66-62(65-60)52-20-10-23-56-58(52)59-57(68-56)24-11-33-63-59)51-19-8-18-48-47(51)17-9-22-54(48)67-53-21-7-6-16-49(53)50-32-31-45(37-55(50)67)43-26-25-39-14-4-5-15-40(39)34-43/h1-37H. The molecular formula is C62H37N5O. The number of rotatable bonds is 6. The molecule has 6 heteroatoms. The van der Waals surface area contributed by atoms with Crippen molar-refractivity contribution in [3.05, 3.63) is 225 Å². The van der Waals surface area contributed by atoms with E-state index in [0.717, 1.165) is 71.4 Å². The Kier molecular flexibility index (Phi) is 8.48. The van der Waals surface area contributed by atoms with Crippen molar-refractivity contribution in [3.63, 3.8) is 0 Å². The van der Waals surface area contributed by atoms with Gasteiger partial charge in [-0.1, -0.05) is 164 Å². The van der Waals surface area contributed by atoms with Gasteiger partial charge in [0.1, 0.15) is 11.1 Å². The maximum atomic E-state index is 6.31. The highest BCUT2D eigenvalue weighted by molar-refractivity contribution is 6.13. The molecule has 0 fully saturated rings. The van der Waals surface area contributed by atoms with E-state index in [1.807, 2.05) is 30.3 Å². The summed E-state index contributed by atoms with van der Waals surface area (Å²) < 4.78 is 8.73. The zero-order chi connectivity index (χ0) is 44.7. The molecule has 0 aliphatic rings. The Morgan fingerprint density at radius 3 is 1.81 bits per heavy atom. The molecule has 0 bridgehead atoms. The van der Waals surface area contributed by atoms with Crippen LogP contribution < -0.4 is 0 Å². The summed E-state index contributed by atoms with van der Waals surface area (Å²) in [6.45, 7) is 0. The van der Waals surface area contributed by atoms with Crippen LogP contribution in [0.15, 0.2) is 229 Å². The zero-order valence-electron chi connectivity index (χ0n) is 36.5. The minimum atomic E-state index is 0.542. The molecule has 0 spiro atoms. The first-order chi connectivity index (χ1) is 33.7. The van der Waals surface area contributed by atoms with E-state index in [1.54, 1.807) is 6.20 Å². The number of aromatic nitrogens is 5. The van der Waals surface area contributed by atoms with Gasteiger partial charge in [-0.05, 0) is 104 Å². The summed E-state index contributed by atoms with van der Waals surface area (Å²) in [5.41, 5.74) is 12.9. The fraction of sp³-hybridized carbons (Fsp3) is 0. The molecule has 0 unspecified atom stereocenters. The number of fused-ring (bicyclic) bond motifs is 9. The molecule has 0 aliphatic heterocycles. The van der Waals surface area contributed by atoms with Gasteiger partial charge in [0.15, 0.2) is 23.1 Å². The Labute approximate surface area is 390 Å². The topological polar surface area (TPSA) is 69.6 Å². The average molecular weight is 868 g/mol. The lowest BCUT2D eigenvalue weighted by molar-refractivity contribution is 0.668. The Hall–Kier alpha value is -9.26. The van der Waals surface area contributed by atoms with Crippen LogP contribution in [0.4, 0.5) is 0 Å². The van der Waals surface area contributed by atoms with Crippen molar-refractivity contribution >= 4 is 76.2 Å². The SMILES string of the molecule is c1ccc(-c2ccc3cc(-c4nc(-c5cccc6c(-n7c8ccccc8c8ccc(-c9ccc%10ccccc%10c9)cc87)cccc56)nc(-c5cccc6oc7cccnc7c56)n4)ccc3c2)cc1. The third kappa shape index (κ3) is 6.12. The van der Waals surface area contributed by atoms with Crippen LogP contribution in [0.1, 0.15) is 0 Å². The van der Waals surface area contributed by atoms with Crippen LogP contribution in [0.2, 0.25) is 0 Å². The van der Waals surface area contributed by atoms with Crippen LogP contribution in [0.3, 0.4) is 0 Å². The van der Waals surface area contributed by atoms with Crippen molar-refractivity contribution < 1.29 is 4.42 Å². The highest BCUT2D eigenvalue weighted by Gasteiger charge is 2.21. The third-order valence-corrected chi connectivity index (χ3v) is 13.5. The Morgan fingerprint density at radius 2 is 0.926 bits per heavy atom. The minimum Gasteiger partial charge on any atom is -0.454 e. The third-order valence-electron chi connectivity index (χ3n) is 13.5. The fourth-order valence-corrected chi connectivity index (χ4v) is 10.2. The first kappa shape index (κ1) is 38.1. The molecule has 0 radical (unpaired) electrons. The van der Waals surface area contributed by atoms with Gasteiger partial charge in [-0.2, -0.15) is 0 Å². The molecule has 4 heterocycles. The number of hydrogen-bond acceptors (Lipinski definition) is 5. The average Bonchev–Trinajstić information content (AvgIpc) is 3.96. The molecule has 0 saturated carbocycles. The van der Waals surface area contributed by atoms with E-state index < -0.39 is 0 Å². The molecule has 0 saturated heterocycles. The lowest BCUT2D eigenvalue weighted by atomic mass is 9.99. The van der Waals surface area contributed by atoms with Crippen LogP contribution in [-0.2, 0) is 0 Å². The van der Waals surface area contributed by atoms with Crippen molar-refractivity contribution in [2.75, 3.05) is 0 Å². The second-order valence-corrected chi connectivity index (χ2v) is 17.4. The summed E-state index contributed by atoms with van der Waals surface area (Å²) >= 11 is 0. The van der Waals surface area contributed by atoms with E-state index in [4.69, 9.17) is 24.4 Å². The van der Waals surface area contributed by atoms with Crippen LogP contribution in [0.5, 0.6) is 0 Å². The number of pyridine rings is 1. The van der Waals surface area contributed by atoms with Crippen molar-refractivity contribution in [1.29, 1.82) is 0 Å². The van der Waals surface area contributed by atoms with Crippen LogP contribution in [0.25, 0.3) is 138 Å². The normalized spacial score (nSPS) is 11.8. The Balaban J connectivity index is 0.971. The maximum absolute atomic E-state index is 6.31. The Morgan fingerprint density at radius 1 is 0.338 bits per heavy atom. The van der Waals surface area contributed by atoms with Gasteiger partial charge in [-0.25, -0.2) is 15.0 Å². The minimum absolute atomic E-state index is 0.542. The first-order valence-electron chi connectivity index (χ1n) is 22.9. The van der Waals surface area contributed by atoms with Gasteiger partial charge in [0.25, 0.3) is 0 Å². The molecule has 0 aliphatic carbocycles.